The molecule has 0 aliphatic carbocycles. The molecule has 7 heterocycles. The summed E-state index contributed by atoms with van der Waals surface area (Å²) >= 11 is 1.67. The van der Waals surface area contributed by atoms with Crippen LogP contribution in [0.4, 0.5) is 0 Å². The minimum Gasteiger partial charge on any atom is -0.341 e. The predicted octanol–water partition coefficient (Wildman–Crippen LogP) is 20.8. The number of carbonyl (C=O) groups is 2. The third-order valence-electron chi connectivity index (χ3n) is 21.4. The first-order valence-electron chi connectivity index (χ1n) is 36.3. The molecular weight excluding hydrogens is 1440 g/mol. The maximum atomic E-state index is 14.3. The lowest BCUT2D eigenvalue weighted by Gasteiger charge is -2.42. The van der Waals surface area contributed by atoms with E-state index >= 15 is 0 Å². The van der Waals surface area contributed by atoms with Crippen molar-refractivity contribution in [1.29, 1.82) is 0 Å². The Morgan fingerprint density at radius 3 is 0.836 bits per heavy atom. The van der Waals surface area contributed by atoms with E-state index in [1.54, 1.807) is 96.3 Å². The number of carbonyl (C=O) groups excluding carboxylic acids is 2. The summed E-state index contributed by atoms with van der Waals surface area (Å²) in [6.45, 7) is 9.30. The van der Waals surface area contributed by atoms with E-state index in [-0.39, 0.29) is 58.8 Å². The van der Waals surface area contributed by atoms with E-state index in [0.29, 0.717) is 9.79 Å². The van der Waals surface area contributed by atoms with Gasteiger partial charge in [-0.3, -0.25) is 14.4 Å². The number of benzene rings is 14. The summed E-state index contributed by atoms with van der Waals surface area (Å²) in [6.07, 6.45) is 0. The number of aryl methyl sites for hydroxylation is 3. The van der Waals surface area contributed by atoms with Gasteiger partial charge in [-0.15, -0.1) is 11.3 Å². The molecule has 0 radical (unpaired) electrons. The monoisotopic (exact) mass is 1510 g/mol. The van der Waals surface area contributed by atoms with Crippen molar-refractivity contribution in [2.24, 2.45) is 0 Å². The van der Waals surface area contributed by atoms with Crippen LogP contribution in [0.5, 0.6) is 0 Å². The lowest BCUT2D eigenvalue weighted by Crippen LogP contribution is -2.37. The maximum absolute atomic E-state index is 14.3. The molecule has 14 aromatic carbocycles. The summed E-state index contributed by atoms with van der Waals surface area (Å²) in [5.41, 5.74) is 11.4. The van der Waals surface area contributed by atoms with E-state index in [9.17, 15) is 39.6 Å². The molecular formula is C94H69N3O9S4. The average Bonchev–Trinajstić information content (AvgIpc) is 0.833. The molecule has 538 valence electrons. The summed E-state index contributed by atoms with van der Waals surface area (Å²) in [5.74, 6) is -0.461. The largest absolute Gasteiger partial charge is 0.341 e. The summed E-state index contributed by atoms with van der Waals surface area (Å²) in [5, 5.41) is 9.08. The Morgan fingerprint density at radius 1 is 0.264 bits per heavy atom. The SMILES string of the molecule is CCn1c2ccccc2c2cc(C3(c4ccc5c(c4)c4ccccc4n5CC)c4ccccc4S(=O)(=O)c4ccccc43)ccc21.CCn1c2ccccc2c2ccccc21.O=C1c2ccccc2S(=O)(=O)c2ccccc21.O=C1c2ccccc2S(=O)(=O)c2ccccc21.O=c1c2ccccc2sc2ccccc12. The quantitative estimate of drug-likeness (QED) is 0.152. The normalized spacial score (nSPS) is 14.3. The molecule has 16 heteroatoms. The number of rotatable bonds is 5. The van der Waals surface area contributed by atoms with Gasteiger partial charge in [-0.2, -0.15) is 0 Å². The highest BCUT2D eigenvalue weighted by Crippen LogP contribution is 2.55. The fourth-order valence-electron chi connectivity index (χ4n) is 16.5. The van der Waals surface area contributed by atoms with Gasteiger partial charge in [-0.25, -0.2) is 25.3 Å². The molecule has 0 saturated heterocycles. The Bertz CT molecular complexity index is 6740. The third kappa shape index (κ3) is 11.3. The molecule has 3 aliphatic heterocycles. The molecule has 12 nitrogen and oxygen atoms in total. The summed E-state index contributed by atoms with van der Waals surface area (Å²) in [4.78, 5) is 37.5. The zero-order chi connectivity index (χ0) is 75.8. The first-order valence-corrected chi connectivity index (χ1v) is 41.6. The van der Waals surface area contributed by atoms with Crippen molar-refractivity contribution in [2.45, 2.75) is 75.2 Å². The molecule has 3 aliphatic rings. The molecule has 0 fully saturated rings. The van der Waals surface area contributed by atoms with E-state index < -0.39 is 34.9 Å². The number of aromatic nitrogens is 3. The van der Waals surface area contributed by atoms with Crippen LogP contribution < -0.4 is 5.43 Å². The number of ketones is 2. The summed E-state index contributed by atoms with van der Waals surface area (Å²) < 4.78 is 87.0. The average molecular weight is 1510 g/mol. The van der Waals surface area contributed by atoms with Gasteiger partial charge in [0.2, 0.25) is 29.5 Å². The summed E-state index contributed by atoms with van der Waals surface area (Å²) in [6, 6.07) is 104. The van der Waals surface area contributed by atoms with Gasteiger partial charge in [0.1, 0.15) is 0 Å². The topological polar surface area (TPSA) is 168 Å². The highest BCUT2D eigenvalue weighted by Gasteiger charge is 2.49. The van der Waals surface area contributed by atoms with E-state index in [2.05, 4.69) is 168 Å². The lowest BCUT2D eigenvalue weighted by molar-refractivity contribution is 0.102. The third-order valence-corrected chi connectivity index (χ3v) is 28.1. The zero-order valence-electron chi connectivity index (χ0n) is 59.9. The van der Waals surface area contributed by atoms with Crippen molar-refractivity contribution in [1.82, 2.24) is 13.7 Å². The van der Waals surface area contributed by atoms with Gasteiger partial charge in [0.05, 0.1) is 34.8 Å². The van der Waals surface area contributed by atoms with Gasteiger partial charge in [0.15, 0.2) is 17.0 Å². The van der Waals surface area contributed by atoms with Crippen LogP contribution in [0.2, 0.25) is 0 Å². The molecule has 0 atom stereocenters. The first kappa shape index (κ1) is 70.5. The number of hydrogen-bond acceptors (Lipinski definition) is 10. The molecule has 21 rings (SSSR count). The van der Waals surface area contributed by atoms with E-state index in [0.717, 1.165) is 62.1 Å². The lowest BCUT2D eigenvalue weighted by atomic mass is 9.64. The number of nitrogens with zero attached hydrogens (tertiary/aromatic N) is 3. The van der Waals surface area contributed by atoms with Crippen LogP contribution in [-0.4, -0.2) is 50.5 Å². The molecule has 0 spiro atoms. The van der Waals surface area contributed by atoms with Crippen LogP contribution >= 0.6 is 11.3 Å². The number of hydrogen-bond donors (Lipinski definition) is 0. The molecule has 4 aromatic heterocycles. The van der Waals surface area contributed by atoms with Gasteiger partial charge >= 0.3 is 0 Å². The van der Waals surface area contributed by atoms with Crippen LogP contribution in [-0.2, 0) is 54.6 Å². The van der Waals surface area contributed by atoms with Crippen LogP contribution in [0.15, 0.2) is 362 Å². The van der Waals surface area contributed by atoms with Gasteiger partial charge in [0.25, 0.3) is 0 Å². The van der Waals surface area contributed by atoms with Crippen molar-refractivity contribution in [3.63, 3.8) is 0 Å². The van der Waals surface area contributed by atoms with Gasteiger partial charge in [0, 0.05) is 127 Å². The molecule has 0 amide bonds. The number of sulfone groups is 3. The first-order chi connectivity index (χ1) is 53.5. The smallest absolute Gasteiger partial charge is 0.208 e. The summed E-state index contributed by atoms with van der Waals surface area (Å²) in [7, 11) is -10.9. The second kappa shape index (κ2) is 28.0. The number of fused-ring (bicyclic) bond motifs is 17. The Balaban J connectivity index is 0.000000113. The molecule has 0 unspecified atom stereocenters. The van der Waals surface area contributed by atoms with E-state index in [4.69, 9.17) is 0 Å². The van der Waals surface area contributed by atoms with E-state index in [1.165, 1.54) is 89.7 Å². The molecule has 0 bridgehead atoms. The standard InChI is InChI=1S/C41H32N2O2S.C14H13N.2C13H8O3S.C13H8OS/c1-3-42-35-17-9-5-13-29(35)31-25-27(21-23-37(31)42)41(28-22-24-38-32(26-28)30-14-6-10-18-36(30)43(38)4-2)33-15-7-11-19-39(33)46(44,45)40-20-12-8-16-34(40)41;1-2-15-13-9-5-3-7-11(13)12-8-4-6-10-14(12)15;2*14-13-9-5-1-3-7-11(9)17(15,16)12-8-4-2-6-10(12)13;14-13-9-5-1-3-7-11(9)15-12-8-4-2-6-10(12)13/h5-26H,3-4H2,1-2H3;3-10H,2H2,1H3;2*1-8H;1-8H. The van der Waals surface area contributed by atoms with Crippen LogP contribution in [0.1, 0.15) is 74.9 Å². The second-order valence-electron chi connectivity index (χ2n) is 27.1. The minimum atomic E-state index is -3.75. The van der Waals surface area contributed by atoms with Crippen molar-refractivity contribution < 1.29 is 34.8 Å². The fourth-order valence-corrected chi connectivity index (χ4v) is 22.7. The van der Waals surface area contributed by atoms with Crippen LogP contribution in [0, 0.1) is 0 Å². The maximum Gasteiger partial charge on any atom is 0.208 e. The Labute approximate surface area is 639 Å². The highest BCUT2D eigenvalue weighted by molar-refractivity contribution is 7.92. The Hall–Kier alpha value is -12.4. The Morgan fingerprint density at radius 2 is 0.509 bits per heavy atom. The van der Waals surface area contributed by atoms with Gasteiger partial charge < -0.3 is 13.7 Å². The van der Waals surface area contributed by atoms with E-state index in [1.807, 2.05) is 84.9 Å². The molecule has 0 saturated carbocycles. The van der Waals surface area contributed by atoms with Crippen molar-refractivity contribution in [3.05, 3.63) is 382 Å². The van der Waals surface area contributed by atoms with Crippen LogP contribution in [0.3, 0.4) is 0 Å². The molecule has 110 heavy (non-hydrogen) atoms. The van der Waals surface area contributed by atoms with Crippen LogP contribution in [0.25, 0.3) is 85.6 Å². The van der Waals surface area contributed by atoms with Gasteiger partial charge in [-0.05, 0) is 176 Å². The second-order valence-corrected chi connectivity index (χ2v) is 33.8. The van der Waals surface area contributed by atoms with Crippen molar-refractivity contribution in [2.75, 3.05) is 0 Å². The number of para-hydroxylation sites is 4. The predicted molar refractivity (Wildman–Crippen MR) is 442 cm³/mol. The minimum absolute atomic E-state index is 0.101. The Kier molecular flexibility index (Phi) is 17.9. The molecule has 0 N–H and O–H groups in total. The zero-order valence-corrected chi connectivity index (χ0v) is 63.2. The van der Waals surface area contributed by atoms with Gasteiger partial charge in [-0.1, -0.05) is 194 Å². The molecule has 18 aromatic rings. The van der Waals surface area contributed by atoms with Crippen molar-refractivity contribution in [3.8, 4) is 0 Å². The van der Waals surface area contributed by atoms with Crippen molar-refractivity contribution >= 4 is 138 Å². The highest BCUT2D eigenvalue weighted by atomic mass is 32.2. The fraction of sp³-hybridized carbons (Fsp3) is 0.0745.